The molecule has 26 nitrogen and oxygen atoms in total. The second-order valence-electron chi connectivity index (χ2n) is 17.0. The molecule has 1 fully saturated rings. The van der Waals surface area contributed by atoms with Crippen LogP contribution in [0.15, 0.2) is 49.3 Å². The van der Waals surface area contributed by atoms with Crippen molar-refractivity contribution in [2.75, 3.05) is 19.7 Å². The maximum atomic E-state index is 14.5. The SMILES string of the molecule is CC[C@H](C)[C@H](NC(=O)[C@H](Cc1ccc(O)cc1)NC(=O)[C@@H]1CCCN1C(=O)[C@H](CCCNC(=N)N)NC(=O)[C@H](Cc1c[nH]cn1)NC(=O)[C@H](N)CO)C(=O)N[C@@H](C)C(=O)N[C@@H](Cc1c[nH]cn1)C(=O)O. The van der Waals surface area contributed by atoms with Crippen molar-refractivity contribution in [1.29, 1.82) is 5.41 Å². The van der Waals surface area contributed by atoms with Gasteiger partial charge in [-0.1, -0.05) is 32.4 Å². The fourth-order valence-electron chi connectivity index (χ4n) is 7.52. The van der Waals surface area contributed by atoms with Gasteiger partial charge in [0.2, 0.25) is 41.4 Å². The Labute approximate surface area is 403 Å². The first kappa shape index (κ1) is 55.0. The van der Waals surface area contributed by atoms with Gasteiger partial charge < -0.3 is 78.9 Å². The molecule has 4 rings (SSSR count). The van der Waals surface area contributed by atoms with Gasteiger partial charge in [-0.05, 0) is 56.2 Å². The number of amides is 7. The van der Waals surface area contributed by atoms with Crippen LogP contribution in [-0.4, -0.2) is 161 Å². The van der Waals surface area contributed by atoms with Gasteiger partial charge in [-0.3, -0.25) is 39.0 Å². The number of aromatic hydroxyl groups is 1. The number of likely N-dealkylation sites (tertiary alicyclic amines) is 1. The molecule has 0 bridgehead atoms. The molecule has 1 aliphatic rings. The van der Waals surface area contributed by atoms with Crippen molar-refractivity contribution < 1.29 is 53.7 Å². The molecule has 9 atom stereocenters. The number of nitrogens with zero attached hydrogens (tertiary/aromatic N) is 3. The zero-order chi connectivity index (χ0) is 51.5. The molecule has 1 aliphatic heterocycles. The van der Waals surface area contributed by atoms with Gasteiger partial charge in [-0.2, -0.15) is 0 Å². The molecule has 70 heavy (non-hydrogen) atoms. The highest BCUT2D eigenvalue weighted by Gasteiger charge is 2.40. The lowest BCUT2D eigenvalue weighted by molar-refractivity contribution is -0.143. The number of imidazole rings is 2. The number of carboxylic acid groups (broad SMARTS) is 1. The van der Waals surface area contributed by atoms with Crippen LogP contribution in [0, 0.1) is 11.3 Å². The molecule has 26 heteroatoms. The molecule has 382 valence electrons. The van der Waals surface area contributed by atoms with Crippen LogP contribution in [0.25, 0.3) is 0 Å². The Bertz CT molecular complexity index is 2240. The van der Waals surface area contributed by atoms with Crippen LogP contribution in [0.1, 0.15) is 69.8 Å². The van der Waals surface area contributed by atoms with Crippen molar-refractivity contribution in [3.63, 3.8) is 0 Å². The summed E-state index contributed by atoms with van der Waals surface area (Å²) in [6.45, 7) is 4.34. The number of H-pyrrole nitrogens is 2. The second kappa shape index (κ2) is 26.8. The van der Waals surface area contributed by atoms with Gasteiger partial charge in [0.25, 0.3) is 0 Å². The summed E-state index contributed by atoms with van der Waals surface area (Å²) in [7, 11) is 0. The molecule has 17 N–H and O–H groups in total. The summed E-state index contributed by atoms with van der Waals surface area (Å²) in [6.07, 6.45) is 6.43. The number of nitrogens with two attached hydrogens (primary N) is 2. The van der Waals surface area contributed by atoms with Crippen molar-refractivity contribution in [3.8, 4) is 5.75 Å². The number of guanidine groups is 1. The number of rotatable bonds is 27. The molecule has 7 amide bonds. The number of nitrogens with one attached hydrogen (secondary N) is 10. The first-order valence-corrected chi connectivity index (χ1v) is 22.8. The van der Waals surface area contributed by atoms with E-state index in [9.17, 15) is 53.7 Å². The molecular weight excluding hydrogens is 915 g/mol. The predicted octanol–water partition coefficient (Wildman–Crippen LogP) is -3.50. The predicted molar refractivity (Wildman–Crippen MR) is 250 cm³/mol. The number of carboxylic acids is 1. The summed E-state index contributed by atoms with van der Waals surface area (Å²) < 4.78 is 0. The molecule has 3 heterocycles. The highest BCUT2D eigenvalue weighted by atomic mass is 16.4. The van der Waals surface area contributed by atoms with Crippen LogP contribution in [0.2, 0.25) is 0 Å². The maximum absolute atomic E-state index is 14.5. The van der Waals surface area contributed by atoms with Crippen molar-refractivity contribution in [3.05, 3.63) is 66.3 Å². The summed E-state index contributed by atoms with van der Waals surface area (Å²) in [5, 5.41) is 54.9. The Kier molecular flexibility index (Phi) is 21.1. The van der Waals surface area contributed by atoms with Crippen LogP contribution >= 0.6 is 0 Å². The van der Waals surface area contributed by atoms with Crippen LogP contribution in [-0.2, 0) is 57.6 Å². The van der Waals surface area contributed by atoms with E-state index >= 15 is 0 Å². The van der Waals surface area contributed by atoms with E-state index in [1.807, 2.05) is 0 Å². The van der Waals surface area contributed by atoms with Gasteiger partial charge in [0.1, 0.15) is 54.1 Å². The highest BCUT2D eigenvalue weighted by molar-refractivity contribution is 5.98. The summed E-state index contributed by atoms with van der Waals surface area (Å²) in [5.74, 6) is -7.61. The van der Waals surface area contributed by atoms with Crippen LogP contribution in [0.4, 0.5) is 0 Å². The molecule has 0 spiro atoms. The van der Waals surface area contributed by atoms with E-state index in [1.54, 1.807) is 13.8 Å². The normalized spacial score (nSPS) is 16.7. The number of phenols is 1. The van der Waals surface area contributed by atoms with Crippen LogP contribution in [0.5, 0.6) is 5.75 Å². The Morgan fingerprint density at radius 1 is 0.800 bits per heavy atom. The number of hydrogen-bond donors (Lipinski definition) is 15. The number of aliphatic hydroxyl groups excluding tert-OH is 1. The van der Waals surface area contributed by atoms with Gasteiger partial charge in [-0.25, -0.2) is 14.8 Å². The molecule has 3 aromatic rings. The summed E-state index contributed by atoms with van der Waals surface area (Å²) in [5.41, 5.74) is 12.4. The number of benzene rings is 1. The molecular formula is C44H65N15O11. The minimum absolute atomic E-state index is 0.00858. The molecule has 0 unspecified atom stereocenters. The van der Waals surface area contributed by atoms with Gasteiger partial charge in [0.15, 0.2) is 5.96 Å². The zero-order valence-corrected chi connectivity index (χ0v) is 39.2. The van der Waals surface area contributed by atoms with E-state index in [-0.39, 0.29) is 63.3 Å². The number of hydrogen-bond acceptors (Lipinski definition) is 14. The number of aromatic amines is 2. The number of aliphatic hydroxyl groups is 1. The van der Waals surface area contributed by atoms with E-state index in [0.717, 1.165) is 0 Å². The smallest absolute Gasteiger partial charge is 0.326 e. The Morgan fingerprint density at radius 3 is 1.96 bits per heavy atom. The van der Waals surface area contributed by atoms with Crippen molar-refractivity contribution in [1.82, 2.24) is 62.1 Å². The molecule has 0 saturated carbocycles. The van der Waals surface area contributed by atoms with Crippen molar-refractivity contribution in [2.45, 2.75) is 120 Å². The topological polar surface area (TPSA) is 418 Å². The molecule has 1 aromatic carbocycles. The lowest BCUT2D eigenvalue weighted by Gasteiger charge is -2.31. The van der Waals surface area contributed by atoms with E-state index in [2.05, 4.69) is 57.2 Å². The third-order valence-corrected chi connectivity index (χ3v) is 11.7. The third-order valence-electron chi connectivity index (χ3n) is 11.7. The lowest BCUT2D eigenvalue weighted by Crippen LogP contribution is -2.61. The quantitative estimate of drug-likeness (QED) is 0.0200. The fraction of sp³-hybridized carbons (Fsp3) is 0.523. The number of aromatic nitrogens is 4. The first-order chi connectivity index (χ1) is 33.3. The monoisotopic (exact) mass is 979 g/mol. The minimum Gasteiger partial charge on any atom is -0.508 e. The first-order valence-electron chi connectivity index (χ1n) is 22.8. The number of aliphatic carboxylic acids is 1. The Hall–Kier alpha value is -7.61. The van der Waals surface area contributed by atoms with Crippen LogP contribution in [0.3, 0.4) is 0 Å². The average molecular weight is 980 g/mol. The number of carbonyl (C=O) groups excluding carboxylic acids is 7. The third kappa shape index (κ3) is 16.6. The standard InChI is InChI=1S/C44H65N15O11/c1-4-23(2)35(41(67)53-24(3)36(62)57-33(43(69)70)17-27-19-49-22-52-27)58-39(65)31(15-25-9-11-28(61)12-10-25)56-40(66)34-8-6-14-59(34)42(68)30(7-5-13-50-44(46)47)54-38(64)32(16-26-18-48-21-51-26)55-37(63)29(45)20-60/h9-12,18-19,21-24,29-35,60-61H,4-8,13-17,20,45H2,1-3H3,(H,48,51)(H,49,52)(H,53,67)(H,54,64)(H,55,63)(H,56,66)(H,57,62)(H,58,65)(H,69,70)(H4,46,47,50)/t23-,24-,29+,30-,31-,32-,33-,34-,35-/m0/s1. The number of phenolic OH excluding ortho intramolecular Hbond substituents is 1. The summed E-state index contributed by atoms with van der Waals surface area (Å²) >= 11 is 0. The number of carbonyl (C=O) groups is 8. The van der Waals surface area contributed by atoms with E-state index in [4.69, 9.17) is 16.9 Å². The Balaban J connectivity index is 1.55. The van der Waals surface area contributed by atoms with Gasteiger partial charge in [-0.15, -0.1) is 0 Å². The Morgan fingerprint density at radius 2 is 1.39 bits per heavy atom. The average Bonchev–Trinajstić information content (AvgIpc) is 4.15. The van der Waals surface area contributed by atoms with Crippen molar-refractivity contribution >= 4 is 53.3 Å². The molecule has 2 aromatic heterocycles. The second-order valence-corrected chi connectivity index (χ2v) is 17.0. The highest BCUT2D eigenvalue weighted by Crippen LogP contribution is 2.21. The minimum atomic E-state index is -1.36. The van der Waals surface area contributed by atoms with Crippen molar-refractivity contribution in [2.24, 2.45) is 17.4 Å². The van der Waals surface area contributed by atoms with E-state index in [1.165, 1.54) is 61.1 Å². The lowest BCUT2D eigenvalue weighted by atomic mass is 9.96. The maximum Gasteiger partial charge on any atom is 0.326 e. The van der Waals surface area contributed by atoms with Gasteiger partial charge in [0, 0.05) is 44.7 Å². The van der Waals surface area contributed by atoms with Crippen LogP contribution < -0.4 is 48.7 Å². The summed E-state index contributed by atoms with van der Waals surface area (Å²) in [6, 6.07) is -4.45. The molecule has 0 aliphatic carbocycles. The zero-order valence-electron chi connectivity index (χ0n) is 39.2. The van der Waals surface area contributed by atoms with Gasteiger partial charge >= 0.3 is 5.97 Å². The van der Waals surface area contributed by atoms with E-state index < -0.39 is 108 Å². The van der Waals surface area contributed by atoms with E-state index in [0.29, 0.717) is 29.8 Å². The van der Waals surface area contributed by atoms with Gasteiger partial charge in [0.05, 0.1) is 30.6 Å². The molecule has 0 radical (unpaired) electrons. The molecule has 1 saturated heterocycles. The largest absolute Gasteiger partial charge is 0.508 e. The fourth-order valence-corrected chi connectivity index (χ4v) is 7.52. The summed E-state index contributed by atoms with van der Waals surface area (Å²) in [4.78, 5) is 124.